The van der Waals surface area contributed by atoms with E-state index in [0.29, 0.717) is 36.0 Å². The number of methoxy groups -OCH3 is 2. The van der Waals surface area contributed by atoms with Crippen LogP contribution in [0, 0.1) is 6.92 Å². The molecule has 0 aliphatic rings. The summed E-state index contributed by atoms with van der Waals surface area (Å²) in [6.45, 7) is 2.83. The normalized spacial score (nSPS) is 10.2. The average molecular weight is 344 g/mol. The highest BCUT2D eigenvalue weighted by Crippen LogP contribution is 2.13. The van der Waals surface area contributed by atoms with Crippen LogP contribution >= 0.6 is 0 Å². The molecule has 0 aliphatic heterocycles. The zero-order valence-corrected chi connectivity index (χ0v) is 14.3. The summed E-state index contributed by atoms with van der Waals surface area (Å²) in [4.78, 5) is 32.2. The Morgan fingerprint density at radius 2 is 1.84 bits per heavy atom. The van der Waals surface area contributed by atoms with Gasteiger partial charge in [0.05, 0.1) is 19.3 Å². The van der Waals surface area contributed by atoms with Gasteiger partial charge >= 0.3 is 5.97 Å². The number of rotatable bonds is 7. The molecule has 8 heteroatoms. The Kier molecular flexibility index (Phi) is 6.41. The van der Waals surface area contributed by atoms with Gasteiger partial charge in [-0.25, -0.2) is 14.8 Å². The van der Waals surface area contributed by atoms with Crippen molar-refractivity contribution in [3.8, 4) is 0 Å². The number of carbonyl (C=O) groups excluding carboxylic acids is 2. The SMILES string of the molecule is COCCNc1nc(C)cc(C(=O)Nc2ccc(C(=O)OC)cc2)n1. The number of ether oxygens (including phenoxy) is 2. The molecule has 0 saturated heterocycles. The maximum Gasteiger partial charge on any atom is 0.337 e. The highest BCUT2D eigenvalue weighted by molar-refractivity contribution is 6.03. The third-order valence-corrected chi connectivity index (χ3v) is 3.24. The summed E-state index contributed by atoms with van der Waals surface area (Å²) in [6, 6.07) is 7.99. The first kappa shape index (κ1) is 18.3. The van der Waals surface area contributed by atoms with Crippen molar-refractivity contribution in [2.24, 2.45) is 0 Å². The molecule has 0 radical (unpaired) electrons. The van der Waals surface area contributed by atoms with Crippen molar-refractivity contribution in [2.45, 2.75) is 6.92 Å². The number of nitrogens with one attached hydrogen (secondary N) is 2. The number of esters is 1. The van der Waals surface area contributed by atoms with Gasteiger partial charge in [0.25, 0.3) is 5.91 Å². The summed E-state index contributed by atoms with van der Waals surface area (Å²) in [5, 5.41) is 5.72. The Hall–Kier alpha value is -3.00. The predicted octanol–water partition coefficient (Wildman–Crippen LogP) is 1.88. The largest absolute Gasteiger partial charge is 0.465 e. The molecule has 0 bridgehead atoms. The Labute approximate surface area is 145 Å². The summed E-state index contributed by atoms with van der Waals surface area (Å²) < 4.78 is 9.59. The molecule has 1 amide bonds. The summed E-state index contributed by atoms with van der Waals surface area (Å²) in [5.74, 6) is -0.439. The molecule has 0 atom stereocenters. The van der Waals surface area contributed by atoms with E-state index < -0.39 is 5.97 Å². The van der Waals surface area contributed by atoms with Gasteiger partial charge in [0.2, 0.25) is 5.95 Å². The highest BCUT2D eigenvalue weighted by atomic mass is 16.5. The molecular weight excluding hydrogens is 324 g/mol. The van der Waals surface area contributed by atoms with Crippen molar-refractivity contribution in [3.63, 3.8) is 0 Å². The van der Waals surface area contributed by atoms with Gasteiger partial charge < -0.3 is 20.1 Å². The molecule has 0 unspecified atom stereocenters. The number of nitrogens with zero attached hydrogens (tertiary/aromatic N) is 2. The van der Waals surface area contributed by atoms with Crippen LogP contribution in [0.3, 0.4) is 0 Å². The van der Waals surface area contributed by atoms with Crippen LogP contribution in [0.2, 0.25) is 0 Å². The predicted molar refractivity (Wildman–Crippen MR) is 92.9 cm³/mol. The van der Waals surface area contributed by atoms with Crippen LogP contribution < -0.4 is 10.6 Å². The van der Waals surface area contributed by atoms with Gasteiger partial charge in [0.1, 0.15) is 5.69 Å². The lowest BCUT2D eigenvalue weighted by Gasteiger charge is -2.09. The lowest BCUT2D eigenvalue weighted by atomic mass is 10.2. The van der Waals surface area contributed by atoms with E-state index in [2.05, 4.69) is 25.3 Å². The van der Waals surface area contributed by atoms with E-state index in [1.807, 2.05) is 0 Å². The number of carbonyl (C=O) groups is 2. The topological polar surface area (TPSA) is 102 Å². The van der Waals surface area contributed by atoms with Gasteiger partial charge in [0, 0.05) is 25.0 Å². The quantitative estimate of drug-likeness (QED) is 0.584. The molecular formula is C17H20N4O4. The first-order valence-corrected chi connectivity index (χ1v) is 7.61. The Balaban J connectivity index is 2.08. The minimum Gasteiger partial charge on any atom is -0.465 e. The lowest BCUT2D eigenvalue weighted by molar-refractivity contribution is 0.0600. The standard InChI is InChI=1S/C17H20N4O4/c1-11-10-14(21-17(19-11)18-8-9-24-2)15(22)20-13-6-4-12(5-7-13)16(23)25-3/h4-7,10H,8-9H2,1-3H3,(H,20,22)(H,18,19,21). The van der Waals surface area contributed by atoms with E-state index in [-0.39, 0.29) is 11.6 Å². The van der Waals surface area contributed by atoms with Crippen LogP contribution in [0.15, 0.2) is 30.3 Å². The zero-order valence-electron chi connectivity index (χ0n) is 14.3. The van der Waals surface area contributed by atoms with Crippen LogP contribution in [-0.2, 0) is 9.47 Å². The molecule has 0 saturated carbocycles. The maximum atomic E-state index is 12.4. The van der Waals surface area contributed by atoms with E-state index in [9.17, 15) is 9.59 Å². The molecule has 0 spiro atoms. The van der Waals surface area contributed by atoms with Crippen molar-refractivity contribution in [3.05, 3.63) is 47.3 Å². The van der Waals surface area contributed by atoms with Crippen LogP contribution in [0.5, 0.6) is 0 Å². The molecule has 8 nitrogen and oxygen atoms in total. The molecule has 2 aromatic rings. The van der Waals surface area contributed by atoms with Gasteiger partial charge in [-0.2, -0.15) is 0 Å². The first-order valence-electron chi connectivity index (χ1n) is 7.61. The van der Waals surface area contributed by atoms with Crippen molar-refractivity contribution >= 4 is 23.5 Å². The van der Waals surface area contributed by atoms with Crippen molar-refractivity contribution in [1.82, 2.24) is 9.97 Å². The van der Waals surface area contributed by atoms with Gasteiger partial charge in [-0.1, -0.05) is 0 Å². The minimum absolute atomic E-state index is 0.240. The lowest BCUT2D eigenvalue weighted by Crippen LogP contribution is -2.17. The maximum absolute atomic E-state index is 12.4. The molecule has 0 aliphatic carbocycles. The van der Waals surface area contributed by atoms with Crippen LogP contribution in [0.25, 0.3) is 0 Å². The first-order chi connectivity index (χ1) is 12.0. The highest BCUT2D eigenvalue weighted by Gasteiger charge is 2.12. The fourth-order valence-electron chi connectivity index (χ4n) is 2.03. The molecule has 1 aromatic carbocycles. The van der Waals surface area contributed by atoms with Gasteiger partial charge in [0.15, 0.2) is 0 Å². The molecule has 25 heavy (non-hydrogen) atoms. The summed E-state index contributed by atoms with van der Waals surface area (Å²) in [7, 11) is 2.91. The number of aromatic nitrogens is 2. The van der Waals surface area contributed by atoms with Crippen LogP contribution in [0.1, 0.15) is 26.5 Å². The molecule has 132 valence electrons. The van der Waals surface area contributed by atoms with E-state index in [1.54, 1.807) is 44.4 Å². The number of hydrogen-bond donors (Lipinski definition) is 2. The fraction of sp³-hybridized carbons (Fsp3) is 0.294. The average Bonchev–Trinajstić information content (AvgIpc) is 2.61. The van der Waals surface area contributed by atoms with Crippen LogP contribution in [0.4, 0.5) is 11.6 Å². The second kappa shape index (κ2) is 8.74. The van der Waals surface area contributed by atoms with E-state index in [1.165, 1.54) is 7.11 Å². The zero-order chi connectivity index (χ0) is 18.2. The second-order valence-corrected chi connectivity index (χ2v) is 5.16. The van der Waals surface area contributed by atoms with Gasteiger partial charge in [-0.3, -0.25) is 4.79 Å². The smallest absolute Gasteiger partial charge is 0.337 e. The molecule has 1 aromatic heterocycles. The van der Waals surface area contributed by atoms with Crippen molar-refractivity contribution < 1.29 is 19.1 Å². The molecule has 1 heterocycles. The molecule has 0 fully saturated rings. The van der Waals surface area contributed by atoms with E-state index in [4.69, 9.17) is 4.74 Å². The Morgan fingerprint density at radius 1 is 1.12 bits per heavy atom. The minimum atomic E-state index is -0.434. The van der Waals surface area contributed by atoms with Gasteiger partial charge in [-0.05, 0) is 37.3 Å². The summed E-state index contributed by atoms with van der Waals surface area (Å²) in [5.41, 5.74) is 1.86. The Morgan fingerprint density at radius 3 is 2.48 bits per heavy atom. The number of hydrogen-bond acceptors (Lipinski definition) is 7. The fourth-order valence-corrected chi connectivity index (χ4v) is 2.03. The monoisotopic (exact) mass is 344 g/mol. The number of amides is 1. The van der Waals surface area contributed by atoms with Crippen molar-refractivity contribution in [1.29, 1.82) is 0 Å². The number of anilines is 2. The Bertz CT molecular complexity index is 747. The summed E-state index contributed by atoms with van der Waals surface area (Å²) >= 11 is 0. The molecule has 2 rings (SSSR count). The number of benzene rings is 1. The molecule has 2 N–H and O–H groups in total. The summed E-state index contributed by atoms with van der Waals surface area (Å²) in [6.07, 6.45) is 0. The van der Waals surface area contributed by atoms with Crippen molar-refractivity contribution in [2.75, 3.05) is 38.0 Å². The second-order valence-electron chi connectivity index (χ2n) is 5.16. The van der Waals surface area contributed by atoms with E-state index in [0.717, 1.165) is 0 Å². The van der Waals surface area contributed by atoms with Gasteiger partial charge in [-0.15, -0.1) is 0 Å². The third kappa shape index (κ3) is 5.25. The third-order valence-electron chi connectivity index (χ3n) is 3.24. The van der Waals surface area contributed by atoms with Crippen LogP contribution in [-0.4, -0.2) is 49.2 Å². The number of aryl methyl sites for hydroxylation is 1. The van der Waals surface area contributed by atoms with E-state index >= 15 is 0 Å².